The summed E-state index contributed by atoms with van der Waals surface area (Å²) < 4.78 is 0. The first-order valence-electron chi connectivity index (χ1n) is 36.2. The molecule has 0 N–H and O–H groups in total. The van der Waals surface area contributed by atoms with Gasteiger partial charge in [0.15, 0.2) is 0 Å². The van der Waals surface area contributed by atoms with E-state index in [0.717, 1.165) is 46.8 Å². The van der Waals surface area contributed by atoms with Gasteiger partial charge in [0.25, 0.3) is 11.8 Å². The average Bonchev–Trinajstić information content (AvgIpc) is 1.57. The molecule has 2 atom stereocenters. The van der Waals surface area contributed by atoms with Crippen molar-refractivity contribution in [2.24, 2.45) is 11.8 Å². The molecule has 0 aromatic carbocycles. The van der Waals surface area contributed by atoms with E-state index in [0.29, 0.717) is 36.1 Å². The molecule has 4 aromatic rings. The summed E-state index contributed by atoms with van der Waals surface area (Å²) in [7, 11) is 0. The minimum absolute atomic E-state index is 0.0568. The van der Waals surface area contributed by atoms with Crippen molar-refractivity contribution < 1.29 is 9.59 Å². The van der Waals surface area contributed by atoms with Crippen LogP contribution in [0.4, 0.5) is 0 Å². The fourth-order valence-corrected chi connectivity index (χ4v) is 17.8. The van der Waals surface area contributed by atoms with Crippen molar-refractivity contribution >= 4 is 68.6 Å². The van der Waals surface area contributed by atoms with Gasteiger partial charge in [0.1, 0.15) is 0 Å². The molecule has 6 heterocycles. The molecule has 2 aliphatic rings. The normalized spacial score (nSPS) is 14.8. The van der Waals surface area contributed by atoms with E-state index in [2.05, 4.69) is 128 Å². The molecule has 86 heavy (non-hydrogen) atoms. The molecule has 4 aromatic heterocycles. The third kappa shape index (κ3) is 23.5. The number of carbonyl (C=O) groups excluding carboxylic acids is 2. The Morgan fingerprint density at radius 3 is 0.767 bits per heavy atom. The van der Waals surface area contributed by atoms with Gasteiger partial charge < -0.3 is 9.80 Å². The Labute approximate surface area is 544 Å². The smallest absolute Gasteiger partial charge is 0.261 e. The zero-order chi connectivity index (χ0) is 61.6. The molecular weight excluding hydrogens is 1130 g/mol. The summed E-state index contributed by atoms with van der Waals surface area (Å²) in [4.78, 5) is 46.7. The number of unbranched alkanes of at least 4 members (excludes halogenated alkanes) is 32. The molecule has 0 saturated heterocycles. The Hall–Kier alpha value is -2.78. The Kier molecular flexibility index (Phi) is 33.2. The van der Waals surface area contributed by atoms with E-state index in [-0.39, 0.29) is 22.6 Å². The van der Waals surface area contributed by atoms with Gasteiger partial charge in [0, 0.05) is 42.4 Å². The topological polar surface area (TPSA) is 40.6 Å². The zero-order valence-corrected chi connectivity index (χ0v) is 60.1. The summed E-state index contributed by atoms with van der Waals surface area (Å²) in [5.74, 6) is 0.873. The Morgan fingerprint density at radius 1 is 0.302 bits per heavy atom. The molecule has 0 bridgehead atoms. The number of fused-ring (bicyclic) bond motifs is 1. The van der Waals surface area contributed by atoms with Crippen LogP contribution in [0.3, 0.4) is 0 Å². The lowest BCUT2D eigenvalue weighted by Gasteiger charge is -2.29. The van der Waals surface area contributed by atoms with E-state index in [1.54, 1.807) is 22.7 Å². The molecule has 8 heteroatoms. The first-order chi connectivity index (χ1) is 41.7. The minimum Gasteiger partial charge on any atom is -0.306 e. The van der Waals surface area contributed by atoms with Crippen molar-refractivity contribution in [3.05, 3.63) is 79.2 Å². The van der Waals surface area contributed by atoms with Crippen LogP contribution < -0.4 is 0 Å². The standard InChI is InChI=1S/C78H124N2O2S4/c1-11-15-19-23-27-31-33-37-41-45-49-61(47-43-39-35-29-25-21-17-13-3)59-79-73(67-53-51-63(83-67)65-55-57-69(85-65)77(5,6)7)71-72(75(79)81)74(68-54-52-64(84-68)66-56-58-70(86-66)78(8,9)10)80(76(71)82)60-62(48-44-40-36-30-26-22-18-14-4)50-46-42-38-34-32-28-24-20-16-12-2/h51-58,61-62H,11-50,59-60H2,1-10H3. The van der Waals surface area contributed by atoms with E-state index >= 15 is 9.59 Å². The lowest BCUT2D eigenvalue weighted by atomic mass is 9.93. The number of carbonyl (C=O) groups is 2. The van der Waals surface area contributed by atoms with Crippen LogP contribution in [0, 0.1) is 11.8 Å². The molecule has 4 nitrogen and oxygen atoms in total. The Balaban J connectivity index is 1.38. The molecule has 482 valence electrons. The van der Waals surface area contributed by atoms with Crippen LogP contribution in [-0.4, -0.2) is 34.7 Å². The van der Waals surface area contributed by atoms with Crippen molar-refractivity contribution in [3.63, 3.8) is 0 Å². The highest BCUT2D eigenvalue weighted by Gasteiger charge is 2.50. The van der Waals surface area contributed by atoms with Gasteiger partial charge >= 0.3 is 0 Å². The number of rotatable bonds is 48. The SMILES string of the molecule is CCCCCCCCCCCCC(CCCCCCCCCC)CN1C(=O)C2=C(c3ccc(-c4ccc(C(C)(C)C)s4)s3)N(CC(CCCCCCCCCC)CCCCCCCCCCCC)C(=O)C2=C1c1ccc(-c2ccc(C(C)(C)C)s2)s1. The first-order valence-corrected chi connectivity index (χ1v) is 39.5. The third-order valence-electron chi connectivity index (χ3n) is 18.8. The second kappa shape index (κ2) is 39.5. The van der Waals surface area contributed by atoms with Crippen molar-refractivity contribution in [2.75, 3.05) is 13.1 Å². The predicted molar refractivity (Wildman–Crippen MR) is 384 cm³/mol. The van der Waals surface area contributed by atoms with Crippen LogP contribution in [-0.2, 0) is 20.4 Å². The fourth-order valence-electron chi connectivity index (χ4n) is 13.3. The van der Waals surface area contributed by atoms with Crippen LogP contribution in [0.2, 0.25) is 0 Å². The highest BCUT2D eigenvalue weighted by Crippen LogP contribution is 2.52. The molecule has 2 aliphatic heterocycles. The maximum atomic E-state index is 16.3. The van der Waals surface area contributed by atoms with Crippen molar-refractivity contribution in [1.82, 2.24) is 9.80 Å². The molecule has 6 rings (SSSR count). The van der Waals surface area contributed by atoms with Gasteiger partial charge in [-0.1, -0.05) is 300 Å². The quantitative estimate of drug-likeness (QED) is 0.0414. The van der Waals surface area contributed by atoms with E-state index in [9.17, 15) is 0 Å². The largest absolute Gasteiger partial charge is 0.306 e. The Bertz CT molecular complexity index is 2410. The van der Waals surface area contributed by atoms with Gasteiger partial charge in [-0.3, -0.25) is 9.59 Å². The fraction of sp³-hybridized carbons (Fsp3) is 0.718. The zero-order valence-electron chi connectivity index (χ0n) is 56.8. The van der Waals surface area contributed by atoms with Gasteiger partial charge in [0.05, 0.1) is 32.3 Å². The summed E-state index contributed by atoms with van der Waals surface area (Å²) in [5.41, 5.74) is 3.27. The number of hydrogen-bond donors (Lipinski definition) is 0. The Morgan fingerprint density at radius 2 is 0.523 bits per heavy atom. The van der Waals surface area contributed by atoms with E-state index < -0.39 is 0 Å². The summed E-state index contributed by atoms with van der Waals surface area (Å²) in [5, 5.41) is 0. The summed E-state index contributed by atoms with van der Waals surface area (Å²) in [6, 6.07) is 18.3. The van der Waals surface area contributed by atoms with Crippen LogP contribution in [0.15, 0.2) is 59.7 Å². The monoisotopic (exact) mass is 1250 g/mol. The number of amides is 2. The predicted octanol–water partition coefficient (Wildman–Crippen LogP) is 26.6. The number of nitrogens with zero attached hydrogens (tertiary/aromatic N) is 2. The molecule has 0 fully saturated rings. The summed E-state index contributed by atoms with van der Waals surface area (Å²) >= 11 is 7.36. The molecule has 0 aliphatic carbocycles. The van der Waals surface area contributed by atoms with Crippen molar-refractivity contribution in [3.8, 4) is 19.5 Å². The van der Waals surface area contributed by atoms with Gasteiger partial charge in [-0.25, -0.2) is 0 Å². The van der Waals surface area contributed by atoms with Crippen LogP contribution in [0.5, 0.6) is 0 Å². The average molecular weight is 1250 g/mol. The molecule has 2 amide bonds. The lowest BCUT2D eigenvalue weighted by molar-refractivity contribution is -0.124. The van der Waals surface area contributed by atoms with Crippen LogP contribution >= 0.6 is 45.3 Å². The second-order valence-corrected chi connectivity index (χ2v) is 33.0. The van der Waals surface area contributed by atoms with E-state index in [1.165, 1.54) is 260 Å². The van der Waals surface area contributed by atoms with Crippen molar-refractivity contribution in [2.45, 2.75) is 337 Å². The highest BCUT2D eigenvalue weighted by molar-refractivity contribution is 7.23. The molecule has 0 saturated carbocycles. The number of hydrogen-bond acceptors (Lipinski definition) is 6. The van der Waals surface area contributed by atoms with Crippen LogP contribution in [0.1, 0.15) is 346 Å². The third-order valence-corrected chi connectivity index (χ3v) is 24.4. The maximum Gasteiger partial charge on any atom is 0.261 e. The van der Waals surface area contributed by atoms with Gasteiger partial charge in [-0.05, 0) is 96.9 Å². The van der Waals surface area contributed by atoms with E-state index in [4.69, 9.17) is 0 Å². The number of thiophene rings is 4. The summed E-state index contributed by atoms with van der Waals surface area (Å²) in [6.45, 7) is 24.4. The maximum absolute atomic E-state index is 16.3. The molecule has 0 spiro atoms. The summed E-state index contributed by atoms with van der Waals surface area (Å²) in [6.07, 6.45) is 52.0. The van der Waals surface area contributed by atoms with Gasteiger partial charge in [-0.2, -0.15) is 0 Å². The van der Waals surface area contributed by atoms with E-state index in [1.807, 2.05) is 22.7 Å². The van der Waals surface area contributed by atoms with Crippen molar-refractivity contribution in [1.29, 1.82) is 0 Å². The molecule has 0 radical (unpaired) electrons. The molecular formula is C78H124N2O2S4. The highest BCUT2D eigenvalue weighted by atomic mass is 32.1. The minimum atomic E-state index is 0.0568. The second-order valence-electron chi connectivity index (χ2n) is 28.6. The van der Waals surface area contributed by atoms with Gasteiger partial charge in [-0.15, -0.1) is 45.3 Å². The first kappa shape index (κ1) is 72.3. The van der Waals surface area contributed by atoms with Crippen LogP contribution in [0.25, 0.3) is 30.9 Å². The lowest BCUT2D eigenvalue weighted by Crippen LogP contribution is -2.34. The van der Waals surface area contributed by atoms with Gasteiger partial charge in [0.2, 0.25) is 0 Å². The molecule has 2 unspecified atom stereocenters.